The Morgan fingerprint density at radius 2 is 2.29 bits per heavy atom. The number of rotatable bonds is 4. The third kappa shape index (κ3) is 2.75. The number of benzene rings is 1. The van der Waals surface area contributed by atoms with Crippen LogP contribution in [-0.2, 0) is 6.42 Å². The number of aromatic nitrogens is 2. The van der Waals surface area contributed by atoms with Gasteiger partial charge in [0, 0.05) is 18.0 Å². The predicted molar refractivity (Wildman–Crippen MR) is 81.6 cm³/mol. The van der Waals surface area contributed by atoms with Crippen LogP contribution in [0, 0.1) is 0 Å². The Bertz CT molecular complexity index is 699. The van der Waals surface area contributed by atoms with Gasteiger partial charge in [-0.15, -0.1) is 0 Å². The molecule has 1 aromatic carbocycles. The second kappa shape index (κ2) is 5.56. The lowest BCUT2D eigenvalue weighted by Gasteiger charge is -2.08. The molecule has 108 valence electrons. The molecular weight excluding hydrogens is 264 g/mol. The van der Waals surface area contributed by atoms with Crippen molar-refractivity contribution >= 4 is 11.9 Å². The van der Waals surface area contributed by atoms with Crippen molar-refractivity contribution in [3.63, 3.8) is 0 Å². The highest BCUT2D eigenvalue weighted by Crippen LogP contribution is 2.26. The summed E-state index contributed by atoms with van der Waals surface area (Å²) in [5, 5.41) is 0. The average Bonchev–Trinajstić information content (AvgIpc) is 3.12. The number of nitrogens with zero attached hydrogens (tertiary/aromatic N) is 2. The van der Waals surface area contributed by atoms with E-state index in [-0.39, 0.29) is 5.78 Å². The number of carbonyl (C=O) groups excluding carboxylic acids is 1. The molecule has 1 aliphatic heterocycles. The molecule has 0 saturated carbocycles. The maximum Gasteiger partial charge on any atom is 0.185 e. The molecule has 0 atom stereocenters. The quantitative estimate of drug-likeness (QED) is 0.638. The molecule has 0 bridgehead atoms. The maximum atomic E-state index is 12.3. The van der Waals surface area contributed by atoms with Crippen LogP contribution in [0.2, 0.25) is 0 Å². The lowest BCUT2D eigenvalue weighted by atomic mass is 10.1. The number of ether oxygens (including phenoxy) is 1. The number of allylic oxidation sites excluding steroid dienone is 1. The van der Waals surface area contributed by atoms with Crippen molar-refractivity contribution in [3.05, 3.63) is 53.6 Å². The summed E-state index contributed by atoms with van der Waals surface area (Å²) in [7, 11) is 0. The van der Waals surface area contributed by atoms with Crippen LogP contribution < -0.4 is 4.74 Å². The molecule has 0 aliphatic carbocycles. The van der Waals surface area contributed by atoms with Crippen LogP contribution in [0.15, 0.2) is 36.8 Å². The summed E-state index contributed by atoms with van der Waals surface area (Å²) in [5.74, 6) is 0.898. The second-order valence-electron chi connectivity index (χ2n) is 5.44. The topological polar surface area (TPSA) is 44.1 Å². The lowest BCUT2D eigenvalue weighted by Crippen LogP contribution is -2.01. The van der Waals surface area contributed by atoms with Gasteiger partial charge in [0.25, 0.3) is 0 Å². The van der Waals surface area contributed by atoms with Crippen LogP contribution in [0.5, 0.6) is 5.75 Å². The van der Waals surface area contributed by atoms with Gasteiger partial charge in [-0.2, -0.15) is 0 Å². The number of ketones is 1. The molecule has 2 heterocycles. The van der Waals surface area contributed by atoms with Crippen LogP contribution in [0.25, 0.3) is 6.08 Å². The SMILES string of the molecule is CC(C)n1cncc1/C=C/C(=O)c1ccc2c(c1)CCO2. The van der Waals surface area contributed by atoms with Crippen molar-refractivity contribution in [2.75, 3.05) is 6.61 Å². The molecule has 4 nitrogen and oxygen atoms in total. The third-order valence-electron chi connectivity index (χ3n) is 3.63. The molecule has 1 aliphatic rings. The molecule has 0 radical (unpaired) electrons. The Balaban J connectivity index is 1.80. The predicted octanol–water partition coefficient (Wildman–Crippen LogP) is 3.30. The number of fused-ring (bicyclic) bond motifs is 1. The highest BCUT2D eigenvalue weighted by Gasteiger charge is 2.14. The summed E-state index contributed by atoms with van der Waals surface area (Å²) in [6.07, 6.45) is 7.84. The number of carbonyl (C=O) groups is 1. The van der Waals surface area contributed by atoms with Gasteiger partial charge >= 0.3 is 0 Å². The van der Waals surface area contributed by atoms with E-state index in [1.165, 1.54) is 0 Å². The zero-order valence-electron chi connectivity index (χ0n) is 12.2. The first-order valence-electron chi connectivity index (χ1n) is 7.15. The van der Waals surface area contributed by atoms with E-state index in [0.717, 1.165) is 23.4 Å². The molecule has 0 fully saturated rings. The molecular formula is C17H18N2O2. The van der Waals surface area contributed by atoms with Crippen LogP contribution in [0.4, 0.5) is 0 Å². The van der Waals surface area contributed by atoms with Gasteiger partial charge in [0.15, 0.2) is 5.78 Å². The molecule has 2 aromatic rings. The Morgan fingerprint density at radius 3 is 3.10 bits per heavy atom. The van der Waals surface area contributed by atoms with Crippen molar-refractivity contribution in [2.45, 2.75) is 26.3 Å². The summed E-state index contributed by atoms with van der Waals surface area (Å²) < 4.78 is 7.48. The Hall–Kier alpha value is -2.36. The lowest BCUT2D eigenvalue weighted by molar-refractivity contribution is 0.104. The van der Waals surface area contributed by atoms with Crippen LogP contribution in [0.1, 0.15) is 41.5 Å². The van der Waals surface area contributed by atoms with E-state index in [1.807, 2.05) is 28.8 Å². The fraction of sp³-hybridized carbons (Fsp3) is 0.294. The van der Waals surface area contributed by atoms with Crippen molar-refractivity contribution in [1.82, 2.24) is 9.55 Å². The normalized spacial score (nSPS) is 13.7. The highest BCUT2D eigenvalue weighted by molar-refractivity contribution is 6.06. The van der Waals surface area contributed by atoms with Gasteiger partial charge in [-0.05, 0) is 49.8 Å². The second-order valence-corrected chi connectivity index (χ2v) is 5.44. The van der Waals surface area contributed by atoms with Crippen molar-refractivity contribution < 1.29 is 9.53 Å². The zero-order chi connectivity index (χ0) is 14.8. The zero-order valence-corrected chi connectivity index (χ0v) is 12.2. The largest absolute Gasteiger partial charge is 0.493 e. The number of hydrogen-bond donors (Lipinski definition) is 0. The summed E-state index contributed by atoms with van der Waals surface area (Å²) in [6.45, 7) is 4.87. The molecule has 0 spiro atoms. The van der Waals surface area contributed by atoms with Crippen LogP contribution in [-0.4, -0.2) is 21.9 Å². The first-order valence-corrected chi connectivity index (χ1v) is 7.15. The van der Waals surface area contributed by atoms with Crippen molar-refractivity contribution in [3.8, 4) is 5.75 Å². The fourth-order valence-corrected chi connectivity index (χ4v) is 2.47. The Labute approximate surface area is 124 Å². The smallest absolute Gasteiger partial charge is 0.185 e. The Morgan fingerprint density at radius 1 is 1.43 bits per heavy atom. The van der Waals surface area contributed by atoms with Gasteiger partial charge in [0.1, 0.15) is 5.75 Å². The highest BCUT2D eigenvalue weighted by atomic mass is 16.5. The molecule has 0 saturated heterocycles. The van der Waals surface area contributed by atoms with Gasteiger partial charge in [-0.3, -0.25) is 4.79 Å². The summed E-state index contributed by atoms with van der Waals surface area (Å²) in [6, 6.07) is 5.94. The molecule has 3 rings (SSSR count). The standard InChI is InChI=1S/C17H18N2O2/c1-12(2)19-11-18-10-15(19)4-5-16(20)13-3-6-17-14(9-13)7-8-21-17/h3-6,9-12H,7-8H2,1-2H3/b5-4+. The minimum atomic E-state index is 0.00112. The minimum Gasteiger partial charge on any atom is -0.493 e. The van der Waals surface area contributed by atoms with Gasteiger partial charge in [0.05, 0.1) is 24.8 Å². The first kappa shape index (κ1) is 13.6. The van der Waals surface area contributed by atoms with Gasteiger partial charge < -0.3 is 9.30 Å². The van der Waals surface area contributed by atoms with E-state index >= 15 is 0 Å². The molecule has 0 N–H and O–H groups in total. The van der Waals surface area contributed by atoms with Gasteiger partial charge in [-0.1, -0.05) is 0 Å². The summed E-state index contributed by atoms with van der Waals surface area (Å²) in [4.78, 5) is 16.4. The van der Waals surface area contributed by atoms with Crippen LogP contribution >= 0.6 is 0 Å². The average molecular weight is 282 g/mol. The van der Waals surface area contributed by atoms with Gasteiger partial charge in [-0.25, -0.2) is 4.98 Å². The molecule has 1 aromatic heterocycles. The molecule has 21 heavy (non-hydrogen) atoms. The monoisotopic (exact) mass is 282 g/mol. The first-order chi connectivity index (χ1) is 10.1. The maximum absolute atomic E-state index is 12.3. The number of imidazole rings is 1. The number of hydrogen-bond acceptors (Lipinski definition) is 3. The third-order valence-corrected chi connectivity index (χ3v) is 3.63. The van der Waals surface area contributed by atoms with Crippen molar-refractivity contribution in [1.29, 1.82) is 0 Å². The molecule has 0 amide bonds. The van der Waals surface area contributed by atoms with E-state index in [2.05, 4.69) is 18.8 Å². The van der Waals surface area contributed by atoms with E-state index in [1.54, 1.807) is 18.6 Å². The summed E-state index contributed by atoms with van der Waals surface area (Å²) >= 11 is 0. The Kier molecular flexibility index (Phi) is 3.60. The molecule has 4 heteroatoms. The van der Waals surface area contributed by atoms with Crippen LogP contribution in [0.3, 0.4) is 0 Å². The van der Waals surface area contributed by atoms with E-state index in [4.69, 9.17) is 4.74 Å². The van der Waals surface area contributed by atoms with E-state index < -0.39 is 0 Å². The fourth-order valence-electron chi connectivity index (χ4n) is 2.47. The minimum absolute atomic E-state index is 0.00112. The summed E-state index contributed by atoms with van der Waals surface area (Å²) in [5.41, 5.74) is 2.75. The van der Waals surface area contributed by atoms with E-state index in [0.29, 0.717) is 18.2 Å². The van der Waals surface area contributed by atoms with Gasteiger partial charge in [0.2, 0.25) is 0 Å². The molecule has 0 unspecified atom stereocenters. The van der Waals surface area contributed by atoms with Crippen molar-refractivity contribution in [2.24, 2.45) is 0 Å². The van der Waals surface area contributed by atoms with E-state index in [9.17, 15) is 4.79 Å².